The second kappa shape index (κ2) is 8.25. The van der Waals surface area contributed by atoms with Crippen LogP contribution in [0.4, 0.5) is 0 Å². The van der Waals surface area contributed by atoms with Gasteiger partial charge in [-0.25, -0.2) is 4.98 Å². The van der Waals surface area contributed by atoms with Crippen molar-refractivity contribution in [1.82, 2.24) is 14.9 Å². The van der Waals surface area contributed by atoms with Gasteiger partial charge in [-0.2, -0.15) is 0 Å². The Morgan fingerprint density at radius 1 is 1.08 bits per heavy atom. The van der Waals surface area contributed by atoms with E-state index in [1.165, 1.54) is 0 Å². The summed E-state index contributed by atoms with van der Waals surface area (Å²) in [6.07, 6.45) is 3.74. The maximum atomic E-state index is 6.04. The fourth-order valence-corrected chi connectivity index (χ4v) is 3.01. The predicted molar refractivity (Wildman–Crippen MR) is 103 cm³/mol. The van der Waals surface area contributed by atoms with E-state index in [0.717, 1.165) is 22.7 Å². The molecule has 0 spiro atoms. The van der Waals surface area contributed by atoms with Gasteiger partial charge in [0.25, 0.3) is 0 Å². The van der Waals surface area contributed by atoms with E-state index in [1.807, 2.05) is 60.3 Å². The Labute approximate surface area is 158 Å². The summed E-state index contributed by atoms with van der Waals surface area (Å²) in [4.78, 5) is 4.51. The number of nitrogens with zero attached hydrogens (tertiary/aromatic N) is 2. The molecule has 6 heteroatoms. The molecule has 136 valence electrons. The SMILES string of the molecule is COc1ccc(CNC(c2ccc(Cl)cc2)c2nccn2C)cc1OC. The number of nitrogens with one attached hydrogen (secondary N) is 1. The van der Waals surface area contributed by atoms with Crippen LogP contribution in [0.1, 0.15) is 23.0 Å². The van der Waals surface area contributed by atoms with E-state index in [2.05, 4.69) is 10.3 Å². The van der Waals surface area contributed by atoms with Crippen LogP contribution in [0.3, 0.4) is 0 Å². The van der Waals surface area contributed by atoms with Gasteiger partial charge in [-0.1, -0.05) is 29.8 Å². The third-order valence-corrected chi connectivity index (χ3v) is 4.53. The molecular formula is C20H22ClN3O2. The lowest BCUT2D eigenvalue weighted by atomic mass is 10.1. The van der Waals surface area contributed by atoms with Crippen molar-refractivity contribution in [3.63, 3.8) is 0 Å². The molecular weight excluding hydrogens is 350 g/mol. The van der Waals surface area contributed by atoms with Crippen molar-refractivity contribution in [3.05, 3.63) is 76.8 Å². The van der Waals surface area contributed by atoms with Crippen LogP contribution in [-0.2, 0) is 13.6 Å². The van der Waals surface area contributed by atoms with Gasteiger partial charge in [0.1, 0.15) is 5.82 Å². The van der Waals surface area contributed by atoms with Crippen molar-refractivity contribution in [2.75, 3.05) is 14.2 Å². The maximum Gasteiger partial charge on any atom is 0.161 e. The van der Waals surface area contributed by atoms with E-state index in [-0.39, 0.29) is 6.04 Å². The summed E-state index contributed by atoms with van der Waals surface area (Å²) < 4.78 is 12.7. The van der Waals surface area contributed by atoms with Crippen molar-refractivity contribution >= 4 is 11.6 Å². The summed E-state index contributed by atoms with van der Waals surface area (Å²) in [5.74, 6) is 2.37. The number of benzene rings is 2. The highest BCUT2D eigenvalue weighted by molar-refractivity contribution is 6.30. The first-order valence-electron chi connectivity index (χ1n) is 8.29. The number of rotatable bonds is 7. The Hall–Kier alpha value is -2.50. The van der Waals surface area contributed by atoms with E-state index in [4.69, 9.17) is 21.1 Å². The number of imidazole rings is 1. The minimum atomic E-state index is -0.0552. The molecule has 0 radical (unpaired) electrons. The van der Waals surface area contributed by atoms with E-state index in [0.29, 0.717) is 17.3 Å². The summed E-state index contributed by atoms with van der Waals surface area (Å²) >= 11 is 6.04. The van der Waals surface area contributed by atoms with Crippen LogP contribution in [0.15, 0.2) is 54.9 Å². The summed E-state index contributed by atoms with van der Waals surface area (Å²) in [5, 5.41) is 4.30. The first-order valence-corrected chi connectivity index (χ1v) is 8.67. The summed E-state index contributed by atoms with van der Waals surface area (Å²) in [6.45, 7) is 0.653. The zero-order valence-electron chi connectivity index (χ0n) is 15.1. The van der Waals surface area contributed by atoms with Crippen LogP contribution in [0.25, 0.3) is 0 Å². The minimum absolute atomic E-state index is 0.0552. The highest BCUT2D eigenvalue weighted by Crippen LogP contribution is 2.28. The molecule has 0 amide bonds. The number of methoxy groups -OCH3 is 2. The second-order valence-corrected chi connectivity index (χ2v) is 6.39. The summed E-state index contributed by atoms with van der Waals surface area (Å²) in [6, 6.07) is 13.7. The highest BCUT2D eigenvalue weighted by atomic mass is 35.5. The van der Waals surface area contributed by atoms with Gasteiger partial charge in [-0.05, 0) is 35.4 Å². The van der Waals surface area contributed by atoms with Crippen LogP contribution in [0.2, 0.25) is 5.02 Å². The molecule has 3 rings (SSSR count). The van der Waals surface area contributed by atoms with Crippen LogP contribution >= 0.6 is 11.6 Å². The first-order chi connectivity index (χ1) is 12.6. The molecule has 2 aromatic carbocycles. The molecule has 0 saturated heterocycles. The number of aromatic nitrogens is 2. The molecule has 0 bridgehead atoms. The van der Waals surface area contributed by atoms with Crippen molar-refractivity contribution in [3.8, 4) is 11.5 Å². The lowest BCUT2D eigenvalue weighted by molar-refractivity contribution is 0.354. The summed E-state index contributed by atoms with van der Waals surface area (Å²) in [7, 11) is 5.26. The molecule has 0 saturated carbocycles. The Balaban J connectivity index is 1.85. The van der Waals surface area contributed by atoms with Gasteiger partial charge in [0, 0.05) is 31.0 Å². The number of aryl methyl sites for hydroxylation is 1. The van der Waals surface area contributed by atoms with Gasteiger partial charge in [-0.3, -0.25) is 5.32 Å². The van der Waals surface area contributed by atoms with Gasteiger partial charge in [0.2, 0.25) is 0 Å². The normalized spacial score (nSPS) is 12.0. The molecule has 5 nitrogen and oxygen atoms in total. The van der Waals surface area contributed by atoms with Gasteiger partial charge in [-0.15, -0.1) is 0 Å². The first kappa shape index (κ1) is 18.3. The zero-order valence-corrected chi connectivity index (χ0v) is 15.8. The van der Waals surface area contributed by atoms with E-state index in [9.17, 15) is 0 Å². The van der Waals surface area contributed by atoms with E-state index in [1.54, 1.807) is 20.4 Å². The third kappa shape index (κ3) is 4.00. The second-order valence-electron chi connectivity index (χ2n) is 5.95. The van der Waals surface area contributed by atoms with Crippen LogP contribution < -0.4 is 14.8 Å². The Bertz CT molecular complexity index is 862. The molecule has 1 unspecified atom stereocenters. The monoisotopic (exact) mass is 371 g/mol. The molecule has 1 aromatic heterocycles. The number of ether oxygens (including phenoxy) is 2. The minimum Gasteiger partial charge on any atom is -0.493 e. The topological polar surface area (TPSA) is 48.3 Å². The lowest BCUT2D eigenvalue weighted by Gasteiger charge is -2.20. The molecule has 1 heterocycles. The van der Waals surface area contributed by atoms with Crippen LogP contribution in [0, 0.1) is 0 Å². The highest BCUT2D eigenvalue weighted by Gasteiger charge is 2.18. The van der Waals surface area contributed by atoms with E-state index >= 15 is 0 Å². The predicted octanol–water partition coefficient (Wildman–Crippen LogP) is 3.97. The number of halogens is 1. The van der Waals surface area contributed by atoms with Gasteiger partial charge >= 0.3 is 0 Å². The van der Waals surface area contributed by atoms with Crippen LogP contribution in [0.5, 0.6) is 11.5 Å². The Morgan fingerprint density at radius 2 is 1.81 bits per heavy atom. The van der Waals surface area contributed by atoms with Crippen molar-refractivity contribution in [2.24, 2.45) is 7.05 Å². The molecule has 0 aliphatic heterocycles. The number of hydrogen-bond acceptors (Lipinski definition) is 4. The molecule has 0 aliphatic rings. The summed E-state index contributed by atoms with van der Waals surface area (Å²) in [5.41, 5.74) is 2.19. The van der Waals surface area contributed by atoms with Gasteiger partial charge < -0.3 is 14.0 Å². The van der Waals surface area contributed by atoms with E-state index < -0.39 is 0 Å². The molecule has 1 atom stereocenters. The smallest absolute Gasteiger partial charge is 0.161 e. The number of hydrogen-bond donors (Lipinski definition) is 1. The maximum absolute atomic E-state index is 6.04. The molecule has 3 aromatic rings. The lowest BCUT2D eigenvalue weighted by Crippen LogP contribution is -2.24. The van der Waals surface area contributed by atoms with Crippen molar-refractivity contribution in [2.45, 2.75) is 12.6 Å². The van der Waals surface area contributed by atoms with Gasteiger partial charge in [0.15, 0.2) is 11.5 Å². The van der Waals surface area contributed by atoms with Gasteiger partial charge in [0.05, 0.1) is 20.3 Å². The average molecular weight is 372 g/mol. The quantitative estimate of drug-likeness (QED) is 0.682. The largest absolute Gasteiger partial charge is 0.493 e. The standard InChI is InChI=1S/C20H22ClN3O2/c1-24-11-10-22-20(24)19(15-5-7-16(21)8-6-15)23-13-14-4-9-17(25-2)18(12-14)26-3/h4-12,19,23H,13H2,1-3H3. The molecule has 1 N–H and O–H groups in total. The fraction of sp³-hybridized carbons (Fsp3) is 0.250. The Kier molecular flexibility index (Phi) is 5.81. The van der Waals surface area contributed by atoms with Crippen molar-refractivity contribution < 1.29 is 9.47 Å². The molecule has 0 aliphatic carbocycles. The zero-order chi connectivity index (χ0) is 18.5. The fourth-order valence-electron chi connectivity index (χ4n) is 2.88. The Morgan fingerprint density at radius 3 is 2.42 bits per heavy atom. The molecule has 0 fully saturated rings. The molecule has 26 heavy (non-hydrogen) atoms. The van der Waals surface area contributed by atoms with Crippen molar-refractivity contribution in [1.29, 1.82) is 0 Å². The average Bonchev–Trinajstić information content (AvgIpc) is 3.09. The third-order valence-electron chi connectivity index (χ3n) is 4.28. The van der Waals surface area contributed by atoms with Crippen LogP contribution in [-0.4, -0.2) is 23.8 Å².